The average Bonchev–Trinajstić information content (AvgIpc) is 2.44. The van der Waals surface area contributed by atoms with Crippen LogP contribution < -0.4 is 4.74 Å². The van der Waals surface area contributed by atoms with Gasteiger partial charge in [0.1, 0.15) is 0 Å². The highest BCUT2D eigenvalue weighted by Gasteiger charge is 2.28. The van der Waals surface area contributed by atoms with Crippen LogP contribution in [0.15, 0.2) is 10.5 Å². The molecule has 0 saturated carbocycles. The first-order valence-corrected chi connectivity index (χ1v) is 4.99. The van der Waals surface area contributed by atoms with E-state index in [2.05, 4.69) is 15.9 Å². The predicted octanol–water partition coefficient (Wildman–Crippen LogP) is 3.33. The number of rotatable bonds is 0. The Kier molecular flexibility index (Phi) is 2.26. The van der Waals surface area contributed by atoms with Crippen LogP contribution in [0.4, 0.5) is 0 Å². The number of ketones is 1. The first kappa shape index (κ1) is 9.31. The van der Waals surface area contributed by atoms with E-state index < -0.39 is 0 Å². The smallest absolute Gasteiger partial charge is 0.205 e. The van der Waals surface area contributed by atoms with Gasteiger partial charge in [-0.15, -0.1) is 0 Å². The molecule has 0 N–H and O–H groups in total. The molecule has 1 heterocycles. The molecule has 0 bridgehead atoms. The third-order valence-electron chi connectivity index (χ3n) is 1.75. The standard InChI is InChI=1S/C8H3BrCl2O2/c9-3-1-4(10)8-6(7(3)11)5(12)2-13-8/h1H,2H2. The molecule has 0 spiro atoms. The monoisotopic (exact) mass is 280 g/mol. The Hall–Kier alpha value is -0.250. The molecule has 1 aliphatic heterocycles. The van der Waals surface area contributed by atoms with E-state index >= 15 is 0 Å². The maximum absolute atomic E-state index is 11.3. The summed E-state index contributed by atoms with van der Waals surface area (Å²) >= 11 is 14.9. The minimum Gasteiger partial charge on any atom is -0.483 e. The average molecular weight is 282 g/mol. The van der Waals surface area contributed by atoms with Crippen molar-refractivity contribution in [2.24, 2.45) is 0 Å². The number of carbonyl (C=O) groups excluding carboxylic acids is 1. The molecular weight excluding hydrogens is 279 g/mol. The van der Waals surface area contributed by atoms with Gasteiger partial charge in [0.15, 0.2) is 12.4 Å². The summed E-state index contributed by atoms with van der Waals surface area (Å²) in [6.07, 6.45) is 0. The van der Waals surface area contributed by atoms with E-state index in [0.29, 0.717) is 25.8 Å². The van der Waals surface area contributed by atoms with Crippen molar-refractivity contribution in [2.45, 2.75) is 0 Å². The summed E-state index contributed by atoms with van der Waals surface area (Å²) in [7, 11) is 0. The SMILES string of the molecule is O=C1COc2c(Cl)cc(Br)c(Cl)c21. The molecule has 0 fully saturated rings. The molecule has 2 rings (SSSR count). The zero-order valence-corrected chi connectivity index (χ0v) is 9.33. The van der Waals surface area contributed by atoms with E-state index in [9.17, 15) is 4.79 Å². The third-order valence-corrected chi connectivity index (χ3v) is 3.28. The van der Waals surface area contributed by atoms with E-state index in [1.54, 1.807) is 6.07 Å². The minimum atomic E-state index is -0.136. The Balaban J connectivity index is 2.77. The van der Waals surface area contributed by atoms with Gasteiger partial charge in [0.2, 0.25) is 5.78 Å². The lowest BCUT2D eigenvalue weighted by Crippen LogP contribution is -1.99. The summed E-state index contributed by atoms with van der Waals surface area (Å²) in [5.74, 6) is 0.253. The number of Topliss-reactive ketones (excluding diaryl/α,β-unsaturated/α-hetero) is 1. The van der Waals surface area contributed by atoms with Gasteiger partial charge in [-0.05, 0) is 22.0 Å². The van der Waals surface area contributed by atoms with E-state index in [1.807, 2.05) is 0 Å². The summed E-state index contributed by atoms with van der Waals surface area (Å²) in [6, 6.07) is 1.61. The molecular formula is C8H3BrCl2O2. The predicted molar refractivity (Wildman–Crippen MR) is 54.0 cm³/mol. The topological polar surface area (TPSA) is 26.3 Å². The highest BCUT2D eigenvalue weighted by molar-refractivity contribution is 9.10. The van der Waals surface area contributed by atoms with Crippen LogP contribution in [0.5, 0.6) is 5.75 Å². The van der Waals surface area contributed by atoms with Crippen LogP contribution in [0.3, 0.4) is 0 Å². The summed E-state index contributed by atoms with van der Waals surface area (Å²) in [5.41, 5.74) is 0.376. The number of hydrogen-bond donors (Lipinski definition) is 0. The Morgan fingerprint density at radius 1 is 1.46 bits per heavy atom. The lowest BCUT2D eigenvalue weighted by molar-refractivity contribution is 0.0961. The molecule has 0 unspecified atom stereocenters. The minimum absolute atomic E-state index is 0.0191. The largest absolute Gasteiger partial charge is 0.483 e. The van der Waals surface area contributed by atoms with Gasteiger partial charge in [0, 0.05) is 4.47 Å². The number of benzene rings is 1. The molecule has 0 saturated heterocycles. The van der Waals surface area contributed by atoms with Crippen molar-refractivity contribution in [3.05, 3.63) is 26.1 Å². The van der Waals surface area contributed by atoms with Crippen LogP contribution in [0.25, 0.3) is 0 Å². The van der Waals surface area contributed by atoms with Gasteiger partial charge >= 0.3 is 0 Å². The van der Waals surface area contributed by atoms with Crippen LogP contribution in [0.1, 0.15) is 10.4 Å². The molecule has 0 amide bonds. The maximum Gasteiger partial charge on any atom is 0.205 e. The lowest BCUT2D eigenvalue weighted by atomic mass is 10.1. The van der Waals surface area contributed by atoms with Crippen molar-refractivity contribution in [3.63, 3.8) is 0 Å². The Labute approximate surface area is 92.9 Å². The third kappa shape index (κ3) is 1.35. The molecule has 0 aromatic heterocycles. The molecule has 13 heavy (non-hydrogen) atoms. The molecule has 1 aromatic carbocycles. The van der Waals surface area contributed by atoms with E-state index in [4.69, 9.17) is 27.9 Å². The van der Waals surface area contributed by atoms with Gasteiger partial charge in [-0.3, -0.25) is 4.79 Å². The normalized spacial score (nSPS) is 14.2. The van der Waals surface area contributed by atoms with Crippen LogP contribution in [-0.2, 0) is 0 Å². The van der Waals surface area contributed by atoms with Crippen molar-refractivity contribution >= 4 is 44.9 Å². The van der Waals surface area contributed by atoms with Crippen LogP contribution >= 0.6 is 39.1 Å². The first-order valence-electron chi connectivity index (χ1n) is 3.44. The van der Waals surface area contributed by atoms with Gasteiger partial charge in [-0.25, -0.2) is 0 Å². The van der Waals surface area contributed by atoms with E-state index in [0.717, 1.165) is 0 Å². The number of carbonyl (C=O) groups is 1. The van der Waals surface area contributed by atoms with Crippen LogP contribution in [-0.4, -0.2) is 12.4 Å². The molecule has 68 valence electrons. The van der Waals surface area contributed by atoms with E-state index in [-0.39, 0.29) is 12.4 Å². The van der Waals surface area contributed by atoms with Gasteiger partial charge in [-0.2, -0.15) is 0 Å². The maximum atomic E-state index is 11.3. The Morgan fingerprint density at radius 3 is 2.85 bits per heavy atom. The summed E-state index contributed by atoms with van der Waals surface area (Å²) in [4.78, 5) is 11.3. The van der Waals surface area contributed by atoms with Gasteiger partial charge in [0.25, 0.3) is 0 Å². The first-order chi connectivity index (χ1) is 6.11. The summed E-state index contributed by atoms with van der Waals surface area (Å²) in [5, 5.41) is 0.763. The fraction of sp³-hybridized carbons (Fsp3) is 0.125. The number of hydrogen-bond acceptors (Lipinski definition) is 2. The number of halogens is 3. The Morgan fingerprint density at radius 2 is 2.15 bits per heavy atom. The van der Waals surface area contributed by atoms with Crippen molar-refractivity contribution in [1.82, 2.24) is 0 Å². The number of ether oxygens (including phenoxy) is 1. The summed E-state index contributed by atoms with van der Waals surface area (Å²) < 4.78 is 5.70. The second-order valence-corrected chi connectivity index (χ2v) is 4.21. The molecule has 5 heteroatoms. The van der Waals surface area contributed by atoms with Crippen molar-refractivity contribution < 1.29 is 9.53 Å². The fourth-order valence-corrected chi connectivity index (χ4v) is 2.24. The second kappa shape index (κ2) is 3.15. The zero-order valence-electron chi connectivity index (χ0n) is 6.23. The highest BCUT2D eigenvalue weighted by atomic mass is 79.9. The van der Waals surface area contributed by atoms with E-state index in [1.165, 1.54) is 0 Å². The van der Waals surface area contributed by atoms with Gasteiger partial charge in [-0.1, -0.05) is 23.2 Å². The summed E-state index contributed by atoms with van der Waals surface area (Å²) in [6.45, 7) is 0.0191. The highest BCUT2D eigenvalue weighted by Crippen LogP contribution is 2.42. The molecule has 0 aliphatic carbocycles. The van der Waals surface area contributed by atoms with Gasteiger partial charge in [0.05, 0.1) is 15.6 Å². The molecule has 1 aromatic rings. The van der Waals surface area contributed by atoms with Gasteiger partial charge < -0.3 is 4.74 Å². The zero-order chi connectivity index (χ0) is 9.59. The van der Waals surface area contributed by atoms with Crippen LogP contribution in [0, 0.1) is 0 Å². The second-order valence-electron chi connectivity index (χ2n) is 2.57. The molecule has 1 aliphatic rings. The van der Waals surface area contributed by atoms with Crippen molar-refractivity contribution in [3.8, 4) is 5.75 Å². The molecule has 0 atom stereocenters. The number of fused-ring (bicyclic) bond motifs is 1. The Bertz CT molecular complexity index is 404. The fourth-order valence-electron chi connectivity index (χ4n) is 1.18. The van der Waals surface area contributed by atoms with Crippen molar-refractivity contribution in [1.29, 1.82) is 0 Å². The quantitative estimate of drug-likeness (QED) is 0.682. The lowest BCUT2D eigenvalue weighted by Gasteiger charge is -2.03. The van der Waals surface area contributed by atoms with Crippen LogP contribution in [0.2, 0.25) is 10.0 Å². The molecule has 2 nitrogen and oxygen atoms in total. The van der Waals surface area contributed by atoms with Crippen molar-refractivity contribution in [2.75, 3.05) is 6.61 Å². The molecule has 0 radical (unpaired) electrons.